The fourth-order valence-corrected chi connectivity index (χ4v) is 6.33. The maximum Gasteiger partial charge on any atom is 0.291 e. The van der Waals surface area contributed by atoms with E-state index in [0.717, 1.165) is 48.0 Å². The summed E-state index contributed by atoms with van der Waals surface area (Å²) in [6.45, 7) is 8.09. The van der Waals surface area contributed by atoms with Crippen LogP contribution in [0.1, 0.15) is 66.4 Å². The van der Waals surface area contributed by atoms with Crippen molar-refractivity contribution < 1.29 is 23.1 Å². The molecule has 2 fully saturated rings. The number of benzene rings is 2. The van der Waals surface area contributed by atoms with Crippen LogP contribution >= 0.6 is 0 Å². The van der Waals surface area contributed by atoms with Gasteiger partial charge in [0, 0.05) is 60.9 Å². The van der Waals surface area contributed by atoms with Gasteiger partial charge in [-0.3, -0.25) is 14.3 Å². The molecule has 1 N–H and O–H groups in total. The molecule has 0 unspecified atom stereocenters. The highest BCUT2D eigenvalue weighted by molar-refractivity contribution is 6.00. The fraction of sp³-hybridized carbons (Fsp3) is 0.417. The molecule has 3 aromatic rings. The number of carbonyl (C=O) groups is 2. The zero-order valence-corrected chi connectivity index (χ0v) is 25.7. The Kier molecular flexibility index (Phi) is 8.88. The van der Waals surface area contributed by atoms with Crippen molar-refractivity contribution in [1.82, 2.24) is 20.0 Å². The molecule has 2 aromatic carbocycles. The Bertz CT molecular complexity index is 1640. The van der Waals surface area contributed by atoms with Crippen LogP contribution in [0.25, 0.3) is 10.9 Å². The number of aromatic nitrogens is 2. The van der Waals surface area contributed by atoms with Gasteiger partial charge in [-0.25, -0.2) is 0 Å². The quantitative estimate of drug-likeness (QED) is 0.248. The first-order chi connectivity index (χ1) is 21.7. The molecule has 2 amide bonds. The van der Waals surface area contributed by atoms with Gasteiger partial charge in [-0.15, -0.1) is 0 Å². The monoisotopic (exact) mass is 614 g/mol. The lowest BCUT2D eigenvalue weighted by Crippen LogP contribution is -2.40. The molecule has 6 rings (SSSR count). The third-order valence-corrected chi connectivity index (χ3v) is 9.50. The third kappa shape index (κ3) is 6.87. The molecule has 0 bridgehead atoms. The fourth-order valence-electron chi connectivity index (χ4n) is 6.33. The number of hydrogen-bond donors (Lipinski definition) is 1. The average molecular weight is 615 g/mol. The number of alkyl halides is 2. The molecular formula is C36H40F2N4O3. The summed E-state index contributed by atoms with van der Waals surface area (Å²) in [5.74, 6) is -0.845. The number of likely N-dealkylation sites (tertiary alicyclic amines) is 1. The Hall–Kier alpha value is -4.27. The number of fused-ring (bicyclic) bond motifs is 1. The Balaban J connectivity index is 1.000. The topological polar surface area (TPSA) is 76.5 Å². The molecule has 2 heterocycles. The van der Waals surface area contributed by atoms with E-state index in [9.17, 15) is 18.4 Å². The second kappa shape index (κ2) is 13.0. The summed E-state index contributed by atoms with van der Waals surface area (Å²) in [6.07, 6.45) is 12.9. The summed E-state index contributed by atoms with van der Waals surface area (Å²) in [5, 5.41) is 8.89. The minimum Gasteiger partial charge on any atom is -0.462 e. The smallest absolute Gasteiger partial charge is 0.291 e. The van der Waals surface area contributed by atoms with Crippen LogP contribution in [0.4, 0.5) is 8.78 Å². The minimum absolute atomic E-state index is 0.0118. The van der Waals surface area contributed by atoms with E-state index in [4.69, 9.17) is 9.84 Å². The van der Waals surface area contributed by atoms with Crippen LogP contribution in [0.5, 0.6) is 5.75 Å². The van der Waals surface area contributed by atoms with Crippen molar-refractivity contribution in [2.45, 2.75) is 64.3 Å². The summed E-state index contributed by atoms with van der Waals surface area (Å²) >= 11 is 0. The van der Waals surface area contributed by atoms with E-state index in [1.807, 2.05) is 34.7 Å². The molecule has 0 spiro atoms. The van der Waals surface area contributed by atoms with Crippen molar-refractivity contribution in [3.8, 4) is 5.75 Å². The second-order valence-electron chi connectivity index (χ2n) is 12.5. The van der Waals surface area contributed by atoms with E-state index in [2.05, 4.69) is 18.1 Å². The second-order valence-corrected chi connectivity index (χ2v) is 12.5. The molecule has 1 saturated heterocycles. The highest BCUT2D eigenvalue weighted by Crippen LogP contribution is 2.32. The SMILES string of the molecule is C=CC(F)(F)c1ccc(OC2=CC=C(C(=O)N3CCC(Cn4cc5c(C)c(C(=O)NCC6CCC6)ccc5n4)CC3)CC2)cc1. The lowest BCUT2D eigenvalue weighted by atomic mass is 9.85. The van der Waals surface area contributed by atoms with Gasteiger partial charge in [-0.2, -0.15) is 13.9 Å². The molecule has 1 saturated carbocycles. The van der Waals surface area contributed by atoms with E-state index in [-0.39, 0.29) is 17.4 Å². The zero-order valence-electron chi connectivity index (χ0n) is 25.7. The van der Waals surface area contributed by atoms with Crippen LogP contribution in [0, 0.1) is 18.8 Å². The predicted molar refractivity (Wildman–Crippen MR) is 170 cm³/mol. The molecule has 9 heteroatoms. The van der Waals surface area contributed by atoms with Gasteiger partial charge in [-0.1, -0.05) is 19.1 Å². The van der Waals surface area contributed by atoms with Crippen LogP contribution in [-0.4, -0.2) is 46.1 Å². The number of nitrogens with one attached hydrogen (secondary N) is 1. The van der Waals surface area contributed by atoms with Crippen LogP contribution in [-0.2, 0) is 17.3 Å². The van der Waals surface area contributed by atoms with E-state index < -0.39 is 5.92 Å². The lowest BCUT2D eigenvalue weighted by Gasteiger charge is -2.33. The highest BCUT2D eigenvalue weighted by Gasteiger charge is 2.28. The molecule has 0 atom stereocenters. The number of hydrogen-bond acceptors (Lipinski definition) is 4. The number of rotatable bonds is 10. The van der Waals surface area contributed by atoms with Gasteiger partial charge >= 0.3 is 0 Å². The number of piperidine rings is 1. The van der Waals surface area contributed by atoms with Gasteiger partial charge in [0.05, 0.1) is 5.52 Å². The number of amides is 2. The molecule has 2 aliphatic carbocycles. The summed E-state index contributed by atoms with van der Waals surface area (Å²) in [5.41, 5.74) is 3.18. The molecule has 7 nitrogen and oxygen atoms in total. The van der Waals surface area contributed by atoms with Crippen LogP contribution in [0.15, 0.2) is 78.7 Å². The highest BCUT2D eigenvalue weighted by atomic mass is 19.3. The van der Waals surface area contributed by atoms with Gasteiger partial charge in [0.15, 0.2) is 0 Å². The zero-order chi connectivity index (χ0) is 31.6. The number of nitrogens with zero attached hydrogens (tertiary/aromatic N) is 3. The van der Waals surface area contributed by atoms with Crippen molar-refractivity contribution in [2.24, 2.45) is 11.8 Å². The normalized spacial score (nSPS) is 17.8. The first-order valence-electron chi connectivity index (χ1n) is 15.9. The first kappa shape index (κ1) is 30.7. The Morgan fingerprint density at radius 2 is 1.80 bits per heavy atom. The summed E-state index contributed by atoms with van der Waals surface area (Å²) < 4.78 is 35.4. The maximum atomic E-state index is 13.8. The minimum atomic E-state index is -3.08. The summed E-state index contributed by atoms with van der Waals surface area (Å²) in [6, 6.07) is 9.51. The van der Waals surface area contributed by atoms with Gasteiger partial charge in [-0.05, 0) is 105 Å². The predicted octanol–water partition coefficient (Wildman–Crippen LogP) is 7.07. The number of halogens is 2. The number of carbonyl (C=O) groups excluding carboxylic acids is 2. The molecule has 236 valence electrons. The first-order valence-corrected chi connectivity index (χ1v) is 15.9. The average Bonchev–Trinajstić information content (AvgIpc) is 3.44. The van der Waals surface area contributed by atoms with Crippen molar-refractivity contribution in [3.05, 3.63) is 95.4 Å². The van der Waals surface area contributed by atoms with Gasteiger partial charge in [0.25, 0.3) is 11.8 Å². The van der Waals surface area contributed by atoms with E-state index in [1.165, 1.54) is 43.5 Å². The van der Waals surface area contributed by atoms with E-state index >= 15 is 0 Å². The van der Waals surface area contributed by atoms with Crippen molar-refractivity contribution in [3.63, 3.8) is 0 Å². The molecule has 45 heavy (non-hydrogen) atoms. The van der Waals surface area contributed by atoms with Crippen molar-refractivity contribution in [1.29, 1.82) is 0 Å². The Morgan fingerprint density at radius 1 is 1.04 bits per heavy atom. The molecular weight excluding hydrogens is 574 g/mol. The number of aryl methyl sites for hydroxylation is 1. The van der Waals surface area contributed by atoms with Crippen LogP contribution < -0.4 is 10.1 Å². The van der Waals surface area contributed by atoms with Crippen molar-refractivity contribution >= 4 is 22.7 Å². The van der Waals surface area contributed by atoms with Crippen molar-refractivity contribution in [2.75, 3.05) is 19.6 Å². The summed E-state index contributed by atoms with van der Waals surface area (Å²) in [4.78, 5) is 28.0. The molecule has 0 radical (unpaired) electrons. The van der Waals surface area contributed by atoms with Crippen LogP contribution in [0.3, 0.4) is 0 Å². The molecule has 1 aromatic heterocycles. The third-order valence-electron chi connectivity index (χ3n) is 9.50. The van der Waals surface area contributed by atoms with E-state index in [0.29, 0.717) is 60.9 Å². The van der Waals surface area contributed by atoms with E-state index in [1.54, 1.807) is 6.08 Å². The number of ether oxygens (including phenoxy) is 1. The lowest BCUT2D eigenvalue weighted by molar-refractivity contribution is -0.128. The molecule has 3 aliphatic rings. The Morgan fingerprint density at radius 3 is 2.44 bits per heavy atom. The van der Waals surface area contributed by atoms with Gasteiger partial charge in [0.1, 0.15) is 11.5 Å². The molecule has 1 aliphatic heterocycles. The summed E-state index contributed by atoms with van der Waals surface area (Å²) in [7, 11) is 0. The van der Waals surface area contributed by atoms with Gasteiger partial charge in [0.2, 0.25) is 5.91 Å². The standard InChI is InChI=1S/C36H40F2N4O3/c1-3-36(37,38)28-9-13-30(14-10-28)45-29-11-7-27(8-12-29)35(44)41-19-17-26(18-20-41)22-42-23-32-24(2)31(15-16-33(32)40-42)34(43)39-21-25-5-4-6-25/h3,7,9-11,13-16,23,25-26H,1,4-6,8,12,17-22H2,2H3,(H,39,43). The van der Waals surface area contributed by atoms with Crippen LogP contribution in [0.2, 0.25) is 0 Å². The largest absolute Gasteiger partial charge is 0.462 e. The Labute approximate surface area is 262 Å². The van der Waals surface area contributed by atoms with Gasteiger partial charge < -0.3 is 15.0 Å². The number of allylic oxidation sites excluding steroid dienone is 4. The maximum absolute atomic E-state index is 13.8.